The lowest BCUT2D eigenvalue weighted by Crippen LogP contribution is -2.43. The van der Waals surface area contributed by atoms with Crippen LogP contribution in [0.25, 0.3) is 0 Å². The first-order valence-corrected chi connectivity index (χ1v) is 3.77. The number of carbonyl (C=O) groups excluding carboxylic acids is 1. The molecule has 12 heavy (non-hydrogen) atoms. The molecule has 0 atom stereocenters. The number of urea groups is 1. The molecule has 0 fully saturated rings. The summed E-state index contributed by atoms with van der Waals surface area (Å²) in [4.78, 5) is 14.1. The van der Waals surface area contributed by atoms with Gasteiger partial charge in [0.1, 0.15) is 0 Å². The monoisotopic (exact) mass is 187 g/mol. The van der Waals surface area contributed by atoms with E-state index in [1.807, 2.05) is 0 Å². The topological polar surface area (TPSA) is 35.6 Å². The van der Waals surface area contributed by atoms with Gasteiger partial charge in [-0.15, -0.1) is 0 Å². The maximum absolute atomic E-state index is 11.1. The first kappa shape index (κ1) is 10.9. The number of hydrogen-bond acceptors (Lipinski definition) is 2. The van der Waals surface area contributed by atoms with E-state index in [9.17, 15) is 4.79 Å². The Morgan fingerprint density at radius 3 is 2.33 bits per heavy atom. The van der Waals surface area contributed by atoms with Gasteiger partial charge in [-0.05, 0) is 12.2 Å². The van der Waals surface area contributed by atoms with Crippen molar-refractivity contribution in [3.05, 3.63) is 12.8 Å². The van der Waals surface area contributed by atoms with Crippen LogP contribution in [-0.4, -0.2) is 42.1 Å². The van der Waals surface area contributed by atoms with E-state index in [2.05, 4.69) is 11.9 Å². The van der Waals surface area contributed by atoms with Crippen LogP contribution >= 0.6 is 12.2 Å². The number of carbonyl (C=O) groups is 1. The molecule has 2 amide bonds. The Morgan fingerprint density at radius 2 is 2.00 bits per heavy atom. The van der Waals surface area contributed by atoms with E-state index >= 15 is 0 Å². The first-order valence-electron chi connectivity index (χ1n) is 3.36. The van der Waals surface area contributed by atoms with Gasteiger partial charge in [0.25, 0.3) is 0 Å². The summed E-state index contributed by atoms with van der Waals surface area (Å²) in [6.07, 6.45) is 1.41. The molecular weight excluding hydrogens is 174 g/mol. The Morgan fingerprint density at radius 1 is 1.50 bits per heavy atom. The molecule has 0 saturated carbocycles. The maximum atomic E-state index is 11.1. The summed E-state index contributed by atoms with van der Waals surface area (Å²) >= 11 is 4.85. The third kappa shape index (κ3) is 3.34. The maximum Gasteiger partial charge on any atom is 0.327 e. The zero-order chi connectivity index (χ0) is 9.72. The quantitative estimate of drug-likeness (QED) is 0.611. The van der Waals surface area contributed by atoms with Crippen LogP contribution in [0.5, 0.6) is 0 Å². The molecule has 68 valence electrons. The summed E-state index contributed by atoms with van der Waals surface area (Å²) in [6, 6.07) is -0.288. The first-order chi connectivity index (χ1) is 5.49. The van der Waals surface area contributed by atoms with Crippen LogP contribution in [0.1, 0.15) is 0 Å². The van der Waals surface area contributed by atoms with Crippen molar-refractivity contribution in [2.45, 2.75) is 0 Å². The highest BCUT2D eigenvalue weighted by Gasteiger charge is 2.07. The highest BCUT2D eigenvalue weighted by molar-refractivity contribution is 7.80. The van der Waals surface area contributed by atoms with Gasteiger partial charge in [0.2, 0.25) is 0 Å². The van der Waals surface area contributed by atoms with Crippen molar-refractivity contribution in [1.82, 2.24) is 15.1 Å². The molecule has 0 aromatic carbocycles. The normalized spacial score (nSPS) is 8.58. The zero-order valence-corrected chi connectivity index (χ0v) is 8.31. The third-order valence-corrected chi connectivity index (χ3v) is 1.68. The summed E-state index contributed by atoms with van der Waals surface area (Å²) in [6.45, 7) is 3.44. The Hall–Kier alpha value is -1.10. The van der Waals surface area contributed by atoms with Crippen LogP contribution in [0.3, 0.4) is 0 Å². The zero-order valence-electron chi connectivity index (χ0n) is 7.50. The fourth-order valence-corrected chi connectivity index (χ4v) is 0.462. The minimum atomic E-state index is -0.288. The molecule has 4 nitrogen and oxygen atoms in total. The highest BCUT2D eigenvalue weighted by Crippen LogP contribution is 1.85. The highest BCUT2D eigenvalue weighted by atomic mass is 32.1. The molecule has 0 aliphatic heterocycles. The van der Waals surface area contributed by atoms with Crippen LogP contribution in [0.15, 0.2) is 12.8 Å². The van der Waals surface area contributed by atoms with Gasteiger partial charge < -0.3 is 9.80 Å². The number of nitrogens with zero attached hydrogens (tertiary/aromatic N) is 2. The minimum Gasteiger partial charge on any atom is -0.355 e. The second-order valence-corrected chi connectivity index (χ2v) is 2.81. The van der Waals surface area contributed by atoms with E-state index in [1.54, 1.807) is 26.0 Å². The van der Waals surface area contributed by atoms with Gasteiger partial charge in [0, 0.05) is 27.3 Å². The minimum absolute atomic E-state index is 0.288. The number of thiocarbonyl (C=S) groups is 1. The Labute approximate surface area is 77.8 Å². The Balaban J connectivity index is 4.01. The summed E-state index contributed by atoms with van der Waals surface area (Å²) in [5.41, 5.74) is 0. The van der Waals surface area contributed by atoms with Crippen molar-refractivity contribution in [2.24, 2.45) is 0 Å². The van der Waals surface area contributed by atoms with Crippen LogP contribution < -0.4 is 5.32 Å². The second kappa shape index (κ2) is 4.71. The van der Waals surface area contributed by atoms with Gasteiger partial charge in [-0.25, -0.2) is 4.79 Å². The lowest BCUT2D eigenvalue weighted by atomic mass is 10.7. The average molecular weight is 187 g/mol. The van der Waals surface area contributed by atoms with Crippen molar-refractivity contribution < 1.29 is 4.79 Å². The lowest BCUT2D eigenvalue weighted by molar-refractivity contribution is 0.226. The summed E-state index contributed by atoms with van der Waals surface area (Å²) < 4.78 is 0. The van der Waals surface area contributed by atoms with E-state index in [0.29, 0.717) is 5.11 Å². The van der Waals surface area contributed by atoms with Crippen molar-refractivity contribution in [2.75, 3.05) is 21.1 Å². The van der Waals surface area contributed by atoms with Gasteiger partial charge in [0.15, 0.2) is 5.11 Å². The summed E-state index contributed by atoms with van der Waals surface area (Å²) in [5.74, 6) is 0. The fourth-order valence-electron chi connectivity index (χ4n) is 0.374. The second-order valence-electron chi connectivity index (χ2n) is 2.42. The van der Waals surface area contributed by atoms with Gasteiger partial charge in [-0.2, -0.15) is 0 Å². The molecule has 5 heteroatoms. The summed E-state index contributed by atoms with van der Waals surface area (Å²) in [7, 11) is 5.12. The molecule has 0 bridgehead atoms. The third-order valence-electron chi connectivity index (χ3n) is 1.21. The van der Waals surface area contributed by atoms with Crippen LogP contribution in [0, 0.1) is 0 Å². The molecule has 0 saturated heterocycles. The molecule has 0 spiro atoms. The van der Waals surface area contributed by atoms with E-state index in [-0.39, 0.29) is 6.03 Å². The molecule has 0 rings (SSSR count). The van der Waals surface area contributed by atoms with Gasteiger partial charge >= 0.3 is 6.03 Å². The fraction of sp³-hybridized carbons (Fsp3) is 0.429. The molecule has 0 aromatic heterocycles. The molecule has 0 radical (unpaired) electrons. The Kier molecular flexibility index (Phi) is 4.28. The van der Waals surface area contributed by atoms with E-state index in [1.165, 1.54) is 11.1 Å². The largest absolute Gasteiger partial charge is 0.355 e. The predicted molar refractivity (Wildman–Crippen MR) is 52.8 cm³/mol. The smallest absolute Gasteiger partial charge is 0.327 e. The lowest BCUT2D eigenvalue weighted by Gasteiger charge is -2.17. The molecule has 0 aromatic rings. The molecule has 0 heterocycles. The standard InChI is InChI=1S/C7H13N3OS/c1-5-10(4)6(11)8-7(12)9(2)3/h5H,1H2,2-4H3,(H,8,11,12). The number of amides is 2. The number of hydrogen-bond donors (Lipinski definition) is 1. The van der Waals surface area contributed by atoms with Crippen molar-refractivity contribution in [3.8, 4) is 0 Å². The molecule has 0 aliphatic carbocycles. The van der Waals surface area contributed by atoms with Gasteiger partial charge in [-0.3, -0.25) is 5.32 Å². The van der Waals surface area contributed by atoms with E-state index < -0.39 is 0 Å². The molecule has 0 aliphatic rings. The van der Waals surface area contributed by atoms with E-state index in [0.717, 1.165) is 0 Å². The average Bonchev–Trinajstić information content (AvgIpc) is 2.02. The molecule has 0 unspecified atom stereocenters. The number of rotatable bonds is 1. The molecule has 1 N–H and O–H groups in total. The van der Waals surface area contributed by atoms with Crippen LogP contribution in [0.4, 0.5) is 4.79 Å². The van der Waals surface area contributed by atoms with E-state index in [4.69, 9.17) is 12.2 Å². The SMILES string of the molecule is C=CN(C)C(=O)NC(=S)N(C)C. The number of nitrogens with one attached hydrogen (secondary N) is 1. The summed E-state index contributed by atoms with van der Waals surface area (Å²) in [5, 5.41) is 2.89. The predicted octanol–water partition coefficient (Wildman–Crippen LogP) is 0.618. The van der Waals surface area contributed by atoms with Gasteiger partial charge in [-0.1, -0.05) is 6.58 Å². The van der Waals surface area contributed by atoms with Crippen molar-refractivity contribution in [3.63, 3.8) is 0 Å². The van der Waals surface area contributed by atoms with Crippen LogP contribution in [0.2, 0.25) is 0 Å². The van der Waals surface area contributed by atoms with Crippen LogP contribution in [-0.2, 0) is 0 Å². The van der Waals surface area contributed by atoms with Gasteiger partial charge in [0.05, 0.1) is 0 Å². The van der Waals surface area contributed by atoms with Crippen molar-refractivity contribution in [1.29, 1.82) is 0 Å². The van der Waals surface area contributed by atoms with Crippen molar-refractivity contribution >= 4 is 23.4 Å². The molecular formula is C7H13N3OS. The Bertz CT molecular complexity index is 203.